The van der Waals surface area contributed by atoms with E-state index in [-0.39, 0.29) is 31.2 Å². The molecule has 9 nitrogen and oxygen atoms in total. The summed E-state index contributed by atoms with van der Waals surface area (Å²) in [7, 11) is -3.94. The van der Waals surface area contributed by atoms with Gasteiger partial charge in [0.15, 0.2) is 11.7 Å². The number of anilines is 1. The normalized spacial score (nSPS) is 14.5. The highest BCUT2D eigenvalue weighted by Gasteiger charge is 2.28. The number of hydrogen-bond acceptors (Lipinski definition) is 8. The molecule has 1 aliphatic heterocycles. The lowest BCUT2D eigenvalue weighted by atomic mass is 10.1. The monoisotopic (exact) mass is 519 g/mol. The molecule has 0 bridgehead atoms. The Morgan fingerprint density at radius 2 is 1.89 bits per heavy atom. The molecule has 2 aromatic carbocycles. The van der Waals surface area contributed by atoms with Crippen LogP contribution in [-0.4, -0.2) is 62.5 Å². The predicted molar refractivity (Wildman–Crippen MR) is 127 cm³/mol. The zero-order valence-electron chi connectivity index (χ0n) is 18.7. The van der Waals surface area contributed by atoms with Crippen molar-refractivity contribution < 1.29 is 31.9 Å². The topological polar surface area (TPSA) is 115 Å². The fourth-order valence-electron chi connectivity index (χ4n) is 3.31. The Morgan fingerprint density at radius 1 is 1.17 bits per heavy atom. The van der Waals surface area contributed by atoms with Gasteiger partial charge in [-0.25, -0.2) is 22.6 Å². The molecule has 12 heteroatoms. The summed E-state index contributed by atoms with van der Waals surface area (Å²) in [5, 5.41) is 4.62. The molecular weight excluding hydrogens is 497 g/mol. The molecule has 0 aliphatic carbocycles. The standard InChI is InChI=1S/C23H22FN3O6S2/c1-15-2-4-16(5-3-15)20-14-34-23(25-20)26-21(28)13-33-22(29)18-12-17(6-7-19(18)24)35(30,31)27-8-10-32-11-9-27/h2-7,12,14H,8-11,13H2,1H3,(H,25,26,28). The van der Waals surface area contributed by atoms with E-state index >= 15 is 0 Å². The summed E-state index contributed by atoms with van der Waals surface area (Å²) < 4.78 is 51.1. The SMILES string of the molecule is Cc1ccc(-c2csc(NC(=O)COC(=O)c3cc(S(=O)(=O)N4CCOCC4)ccc3F)n2)cc1. The minimum Gasteiger partial charge on any atom is -0.452 e. The van der Waals surface area contributed by atoms with Gasteiger partial charge in [0.25, 0.3) is 5.91 Å². The molecule has 0 radical (unpaired) electrons. The lowest BCUT2D eigenvalue weighted by Gasteiger charge is -2.26. The number of benzene rings is 2. The molecule has 4 rings (SSSR count). The van der Waals surface area contributed by atoms with E-state index < -0.39 is 39.9 Å². The van der Waals surface area contributed by atoms with Crippen molar-refractivity contribution >= 4 is 38.4 Å². The average Bonchev–Trinajstić information content (AvgIpc) is 3.32. The van der Waals surface area contributed by atoms with Crippen LogP contribution in [-0.2, 0) is 24.3 Å². The number of aryl methyl sites for hydroxylation is 1. The van der Waals surface area contributed by atoms with Crippen LogP contribution in [0.5, 0.6) is 0 Å². The van der Waals surface area contributed by atoms with E-state index in [9.17, 15) is 22.4 Å². The molecule has 0 saturated carbocycles. The van der Waals surface area contributed by atoms with Crippen LogP contribution in [0.3, 0.4) is 0 Å². The molecule has 0 spiro atoms. The fraction of sp³-hybridized carbons (Fsp3) is 0.261. The number of esters is 1. The molecule has 1 fully saturated rings. The molecule has 2 heterocycles. The molecule has 184 valence electrons. The summed E-state index contributed by atoms with van der Waals surface area (Å²) >= 11 is 1.20. The van der Waals surface area contributed by atoms with Gasteiger partial charge in [0, 0.05) is 24.0 Å². The van der Waals surface area contributed by atoms with Gasteiger partial charge < -0.3 is 9.47 Å². The zero-order valence-corrected chi connectivity index (χ0v) is 20.3. The van der Waals surface area contributed by atoms with Crippen molar-refractivity contribution in [3.8, 4) is 11.3 Å². The molecule has 1 aliphatic rings. The number of nitrogens with zero attached hydrogens (tertiary/aromatic N) is 2. The Kier molecular flexibility index (Phi) is 7.55. The maximum Gasteiger partial charge on any atom is 0.341 e. The minimum absolute atomic E-state index is 0.155. The molecule has 35 heavy (non-hydrogen) atoms. The highest BCUT2D eigenvalue weighted by molar-refractivity contribution is 7.89. The number of thiazole rings is 1. The van der Waals surface area contributed by atoms with Gasteiger partial charge >= 0.3 is 5.97 Å². The first-order valence-corrected chi connectivity index (χ1v) is 12.9. The largest absolute Gasteiger partial charge is 0.452 e. The van der Waals surface area contributed by atoms with Gasteiger partial charge in [0.2, 0.25) is 10.0 Å². The lowest BCUT2D eigenvalue weighted by molar-refractivity contribution is -0.119. The molecule has 3 aromatic rings. The van der Waals surface area contributed by atoms with Crippen molar-refractivity contribution in [1.82, 2.24) is 9.29 Å². The van der Waals surface area contributed by atoms with Crippen LogP contribution in [0.25, 0.3) is 11.3 Å². The highest BCUT2D eigenvalue weighted by Crippen LogP contribution is 2.25. The first kappa shape index (κ1) is 24.9. The summed E-state index contributed by atoms with van der Waals surface area (Å²) in [6.45, 7) is 2.08. The maximum atomic E-state index is 14.3. The van der Waals surface area contributed by atoms with E-state index in [4.69, 9.17) is 9.47 Å². The van der Waals surface area contributed by atoms with Crippen molar-refractivity contribution in [3.63, 3.8) is 0 Å². The summed E-state index contributed by atoms with van der Waals surface area (Å²) in [4.78, 5) is 28.7. The van der Waals surface area contributed by atoms with Crippen LogP contribution >= 0.6 is 11.3 Å². The van der Waals surface area contributed by atoms with Crippen LogP contribution in [0.2, 0.25) is 0 Å². The Balaban J connectivity index is 1.38. The Bertz CT molecular complexity index is 1340. The number of sulfonamides is 1. The number of carbonyl (C=O) groups is 2. The second-order valence-electron chi connectivity index (χ2n) is 7.69. The molecule has 0 atom stereocenters. The quantitative estimate of drug-likeness (QED) is 0.477. The van der Waals surface area contributed by atoms with Gasteiger partial charge in [-0.1, -0.05) is 29.8 Å². The van der Waals surface area contributed by atoms with Crippen LogP contribution in [0, 0.1) is 12.7 Å². The van der Waals surface area contributed by atoms with Gasteiger partial charge in [-0.3, -0.25) is 10.1 Å². The number of carbonyl (C=O) groups excluding carboxylic acids is 2. The molecule has 1 saturated heterocycles. The number of morpholine rings is 1. The minimum atomic E-state index is -3.94. The number of aromatic nitrogens is 1. The van der Waals surface area contributed by atoms with Gasteiger partial charge in [-0.2, -0.15) is 4.31 Å². The summed E-state index contributed by atoms with van der Waals surface area (Å²) in [5.41, 5.74) is 2.10. The van der Waals surface area contributed by atoms with Gasteiger partial charge in [-0.15, -0.1) is 11.3 Å². The third kappa shape index (κ3) is 5.90. The Morgan fingerprint density at radius 3 is 2.60 bits per heavy atom. The maximum absolute atomic E-state index is 14.3. The number of amides is 1. The van der Waals surface area contributed by atoms with Gasteiger partial charge in [0.05, 0.1) is 29.4 Å². The van der Waals surface area contributed by atoms with Crippen LogP contribution < -0.4 is 5.32 Å². The number of halogens is 1. The zero-order chi connectivity index (χ0) is 25.0. The van der Waals surface area contributed by atoms with Crippen LogP contribution in [0.1, 0.15) is 15.9 Å². The first-order valence-electron chi connectivity index (χ1n) is 10.6. The van der Waals surface area contributed by atoms with E-state index in [2.05, 4.69) is 10.3 Å². The van der Waals surface area contributed by atoms with Gasteiger partial charge in [-0.05, 0) is 25.1 Å². The second kappa shape index (κ2) is 10.6. The molecule has 1 aromatic heterocycles. The Hall–Kier alpha value is -3.19. The summed E-state index contributed by atoms with van der Waals surface area (Å²) in [5.74, 6) is -2.78. The first-order chi connectivity index (χ1) is 16.7. The van der Waals surface area contributed by atoms with Crippen molar-refractivity contribution in [2.75, 3.05) is 38.2 Å². The summed E-state index contributed by atoms with van der Waals surface area (Å²) in [6.07, 6.45) is 0. The third-order valence-corrected chi connectivity index (χ3v) is 7.85. The lowest BCUT2D eigenvalue weighted by Crippen LogP contribution is -2.40. The van der Waals surface area contributed by atoms with E-state index in [1.54, 1.807) is 5.38 Å². The second-order valence-corrected chi connectivity index (χ2v) is 10.5. The number of hydrogen-bond donors (Lipinski definition) is 1. The number of ether oxygens (including phenoxy) is 2. The number of rotatable bonds is 7. The van der Waals surface area contributed by atoms with E-state index in [0.29, 0.717) is 10.8 Å². The van der Waals surface area contributed by atoms with E-state index in [1.807, 2.05) is 31.2 Å². The molecule has 0 unspecified atom stereocenters. The van der Waals surface area contributed by atoms with Gasteiger partial charge in [0.1, 0.15) is 5.82 Å². The summed E-state index contributed by atoms with van der Waals surface area (Å²) in [6, 6.07) is 10.6. The van der Waals surface area contributed by atoms with Crippen LogP contribution in [0.4, 0.5) is 9.52 Å². The van der Waals surface area contributed by atoms with Crippen molar-refractivity contribution in [2.45, 2.75) is 11.8 Å². The van der Waals surface area contributed by atoms with E-state index in [1.165, 1.54) is 15.6 Å². The van der Waals surface area contributed by atoms with Crippen molar-refractivity contribution in [3.05, 3.63) is 64.8 Å². The fourth-order valence-corrected chi connectivity index (χ4v) is 5.48. The molecular formula is C23H22FN3O6S2. The van der Waals surface area contributed by atoms with Crippen molar-refractivity contribution in [2.24, 2.45) is 0 Å². The smallest absolute Gasteiger partial charge is 0.341 e. The predicted octanol–water partition coefficient (Wildman–Crippen LogP) is 3.07. The van der Waals surface area contributed by atoms with Crippen LogP contribution in [0.15, 0.2) is 52.7 Å². The van der Waals surface area contributed by atoms with Crippen molar-refractivity contribution in [1.29, 1.82) is 0 Å². The molecule has 1 N–H and O–H groups in total. The Labute approximate surface area is 205 Å². The average molecular weight is 520 g/mol. The van der Waals surface area contributed by atoms with E-state index in [0.717, 1.165) is 29.3 Å². The highest BCUT2D eigenvalue weighted by atomic mass is 32.2. The third-order valence-electron chi connectivity index (χ3n) is 5.20. The number of nitrogens with one attached hydrogen (secondary N) is 1. The molecule has 1 amide bonds.